The molecule has 4 nitrogen and oxygen atoms in total. The number of nitrogens with zero attached hydrogens (tertiary/aromatic N) is 2. The lowest BCUT2D eigenvalue weighted by Crippen LogP contribution is -2.47. The van der Waals surface area contributed by atoms with E-state index >= 15 is 0 Å². The molecule has 0 aromatic carbocycles. The van der Waals surface area contributed by atoms with Crippen molar-refractivity contribution in [3.05, 3.63) is 0 Å². The Labute approximate surface area is 111 Å². The minimum Gasteiger partial charge on any atom is -0.392 e. The fourth-order valence-electron chi connectivity index (χ4n) is 2.49. The van der Waals surface area contributed by atoms with Crippen LogP contribution in [0.4, 0.5) is 0 Å². The van der Waals surface area contributed by atoms with E-state index in [0.29, 0.717) is 19.0 Å². The highest BCUT2D eigenvalue weighted by Crippen LogP contribution is 2.16. The van der Waals surface area contributed by atoms with Gasteiger partial charge < -0.3 is 10.0 Å². The van der Waals surface area contributed by atoms with E-state index in [1.165, 1.54) is 6.42 Å². The number of aliphatic hydroxyl groups excluding tert-OH is 1. The van der Waals surface area contributed by atoms with Crippen molar-refractivity contribution in [2.24, 2.45) is 5.92 Å². The quantitative estimate of drug-likeness (QED) is 0.807. The summed E-state index contributed by atoms with van der Waals surface area (Å²) in [5.74, 6) is 0.822. The molecule has 2 unspecified atom stereocenters. The van der Waals surface area contributed by atoms with Crippen LogP contribution in [0, 0.1) is 5.92 Å². The molecule has 0 bridgehead atoms. The van der Waals surface area contributed by atoms with Gasteiger partial charge in [0.15, 0.2) is 0 Å². The SMILES string of the molecule is CC(O)CN(CC(=O)N1CCCC(C)C1)C(C)C. The van der Waals surface area contributed by atoms with Gasteiger partial charge in [0.2, 0.25) is 5.91 Å². The summed E-state index contributed by atoms with van der Waals surface area (Å²) >= 11 is 0. The number of hydrogen-bond acceptors (Lipinski definition) is 3. The second kappa shape index (κ2) is 7.10. The van der Waals surface area contributed by atoms with Gasteiger partial charge in [-0.1, -0.05) is 6.92 Å². The summed E-state index contributed by atoms with van der Waals surface area (Å²) in [6, 6.07) is 0.283. The fourth-order valence-corrected chi connectivity index (χ4v) is 2.49. The molecule has 1 rings (SSSR count). The van der Waals surface area contributed by atoms with Crippen LogP contribution in [-0.4, -0.2) is 59.1 Å². The molecule has 18 heavy (non-hydrogen) atoms. The maximum Gasteiger partial charge on any atom is 0.236 e. The van der Waals surface area contributed by atoms with Crippen molar-refractivity contribution >= 4 is 5.91 Å². The van der Waals surface area contributed by atoms with E-state index in [1.54, 1.807) is 6.92 Å². The molecule has 0 spiro atoms. The highest BCUT2D eigenvalue weighted by atomic mass is 16.3. The van der Waals surface area contributed by atoms with Gasteiger partial charge in [-0.2, -0.15) is 0 Å². The van der Waals surface area contributed by atoms with E-state index in [4.69, 9.17) is 0 Å². The molecular weight excluding hydrogens is 228 g/mol. The molecule has 0 aliphatic carbocycles. The van der Waals surface area contributed by atoms with Gasteiger partial charge in [0, 0.05) is 25.7 Å². The van der Waals surface area contributed by atoms with E-state index in [0.717, 1.165) is 19.5 Å². The Balaban J connectivity index is 2.49. The summed E-state index contributed by atoms with van der Waals surface area (Å²) in [6.07, 6.45) is 1.96. The third-order valence-electron chi connectivity index (χ3n) is 3.58. The van der Waals surface area contributed by atoms with E-state index in [-0.39, 0.29) is 18.1 Å². The molecule has 0 aromatic rings. The van der Waals surface area contributed by atoms with E-state index in [2.05, 4.69) is 20.8 Å². The van der Waals surface area contributed by atoms with Crippen LogP contribution in [-0.2, 0) is 4.79 Å². The molecule has 1 saturated heterocycles. The number of aliphatic hydroxyl groups is 1. The summed E-state index contributed by atoms with van der Waals surface area (Å²) < 4.78 is 0. The molecule has 106 valence electrons. The molecule has 1 heterocycles. The normalized spacial score (nSPS) is 22.6. The van der Waals surface area contributed by atoms with Crippen molar-refractivity contribution in [1.29, 1.82) is 0 Å². The van der Waals surface area contributed by atoms with Crippen molar-refractivity contribution in [3.63, 3.8) is 0 Å². The van der Waals surface area contributed by atoms with Gasteiger partial charge in [-0.15, -0.1) is 0 Å². The van der Waals surface area contributed by atoms with Gasteiger partial charge in [-0.25, -0.2) is 0 Å². The highest BCUT2D eigenvalue weighted by Gasteiger charge is 2.23. The third-order valence-corrected chi connectivity index (χ3v) is 3.58. The van der Waals surface area contributed by atoms with Crippen LogP contribution in [0.1, 0.15) is 40.5 Å². The Morgan fingerprint density at radius 1 is 1.44 bits per heavy atom. The van der Waals surface area contributed by atoms with Gasteiger partial charge in [0.25, 0.3) is 0 Å². The van der Waals surface area contributed by atoms with Gasteiger partial charge in [-0.3, -0.25) is 9.69 Å². The molecular formula is C14H28N2O2. The van der Waals surface area contributed by atoms with Crippen LogP contribution in [0.5, 0.6) is 0 Å². The summed E-state index contributed by atoms with van der Waals surface area (Å²) in [5.41, 5.74) is 0. The molecule has 0 saturated carbocycles. The van der Waals surface area contributed by atoms with E-state index in [9.17, 15) is 9.90 Å². The largest absolute Gasteiger partial charge is 0.392 e. The first-order valence-corrected chi connectivity index (χ1v) is 7.10. The number of hydrogen-bond donors (Lipinski definition) is 1. The second-order valence-corrected chi connectivity index (χ2v) is 5.96. The topological polar surface area (TPSA) is 43.8 Å². The lowest BCUT2D eigenvalue weighted by atomic mass is 10.0. The maximum atomic E-state index is 12.2. The summed E-state index contributed by atoms with van der Waals surface area (Å²) in [4.78, 5) is 16.3. The first-order chi connectivity index (χ1) is 8.40. The van der Waals surface area contributed by atoms with Crippen molar-refractivity contribution in [2.45, 2.75) is 52.7 Å². The van der Waals surface area contributed by atoms with Crippen molar-refractivity contribution in [2.75, 3.05) is 26.2 Å². The number of likely N-dealkylation sites (tertiary alicyclic amines) is 1. The molecule has 1 aliphatic rings. The minimum absolute atomic E-state index is 0.205. The molecule has 4 heteroatoms. The van der Waals surface area contributed by atoms with E-state index in [1.807, 2.05) is 9.80 Å². The molecule has 1 aliphatic heterocycles. The predicted molar refractivity (Wildman–Crippen MR) is 73.4 cm³/mol. The minimum atomic E-state index is -0.388. The zero-order valence-corrected chi connectivity index (χ0v) is 12.2. The average molecular weight is 256 g/mol. The summed E-state index contributed by atoms with van der Waals surface area (Å²) in [7, 11) is 0. The van der Waals surface area contributed by atoms with Crippen LogP contribution >= 0.6 is 0 Å². The second-order valence-electron chi connectivity index (χ2n) is 5.96. The fraction of sp³-hybridized carbons (Fsp3) is 0.929. The van der Waals surface area contributed by atoms with Crippen molar-refractivity contribution in [1.82, 2.24) is 9.80 Å². The molecule has 0 radical (unpaired) electrons. The standard InChI is InChI=1S/C14H28N2O2/c1-11(2)16(9-13(4)17)10-14(18)15-7-5-6-12(3)8-15/h11-13,17H,5-10H2,1-4H3. The Kier molecular flexibility index (Phi) is 6.09. The Bertz CT molecular complexity index is 267. The van der Waals surface area contributed by atoms with Crippen LogP contribution in [0.15, 0.2) is 0 Å². The summed E-state index contributed by atoms with van der Waals surface area (Å²) in [6.45, 7) is 10.9. The van der Waals surface area contributed by atoms with Crippen molar-refractivity contribution in [3.8, 4) is 0 Å². The molecule has 1 amide bonds. The van der Waals surface area contributed by atoms with Gasteiger partial charge in [-0.05, 0) is 39.5 Å². The smallest absolute Gasteiger partial charge is 0.236 e. The van der Waals surface area contributed by atoms with Crippen LogP contribution in [0.25, 0.3) is 0 Å². The maximum absolute atomic E-state index is 12.2. The zero-order chi connectivity index (χ0) is 13.7. The Morgan fingerprint density at radius 2 is 2.11 bits per heavy atom. The van der Waals surface area contributed by atoms with Crippen LogP contribution in [0.2, 0.25) is 0 Å². The highest BCUT2D eigenvalue weighted by molar-refractivity contribution is 5.78. The van der Waals surface area contributed by atoms with Gasteiger partial charge in [0.05, 0.1) is 12.6 Å². The number of carbonyl (C=O) groups is 1. The number of carbonyl (C=O) groups excluding carboxylic acids is 1. The van der Waals surface area contributed by atoms with Crippen LogP contribution < -0.4 is 0 Å². The van der Waals surface area contributed by atoms with Gasteiger partial charge in [0.1, 0.15) is 0 Å². The van der Waals surface area contributed by atoms with Crippen molar-refractivity contribution < 1.29 is 9.90 Å². The van der Waals surface area contributed by atoms with Gasteiger partial charge >= 0.3 is 0 Å². The molecule has 1 N–H and O–H groups in total. The van der Waals surface area contributed by atoms with E-state index < -0.39 is 0 Å². The average Bonchev–Trinajstić information content (AvgIpc) is 2.27. The molecule has 2 atom stereocenters. The number of amides is 1. The van der Waals surface area contributed by atoms with Crippen LogP contribution in [0.3, 0.4) is 0 Å². The molecule has 0 aromatic heterocycles. The zero-order valence-electron chi connectivity index (χ0n) is 12.2. The third kappa shape index (κ3) is 4.94. The first kappa shape index (κ1) is 15.4. The lowest BCUT2D eigenvalue weighted by molar-refractivity contribution is -0.134. The first-order valence-electron chi connectivity index (χ1n) is 7.10. The number of rotatable bonds is 5. The summed E-state index contributed by atoms with van der Waals surface area (Å²) in [5, 5.41) is 9.47. The monoisotopic (exact) mass is 256 g/mol. The predicted octanol–water partition coefficient (Wildman–Crippen LogP) is 1.34. The Hall–Kier alpha value is -0.610. The molecule has 1 fully saturated rings. The Morgan fingerprint density at radius 3 is 2.61 bits per heavy atom. The lowest BCUT2D eigenvalue weighted by Gasteiger charge is -2.34. The number of piperidine rings is 1.